The highest BCUT2D eigenvalue weighted by atomic mass is 32.1. The second-order valence-corrected chi connectivity index (χ2v) is 5.66. The Hall–Kier alpha value is -0.900. The van der Waals surface area contributed by atoms with Crippen LogP contribution in [0.1, 0.15) is 52.5 Å². The van der Waals surface area contributed by atoms with Crippen molar-refractivity contribution in [1.82, 2.24) is 10.3 Å². The summed E-state index contributed by atoms with van der Waals surface area (Å²) < 4.78 is 0. The molecule has 2 rings (SSSR count). The summed E-state index contributed by atoms with van der Waals surface area (Å²) in [6.07, 6.45) is 6.05. The van der Waals surface area contributed by atoms with Crippen LogP contribution in [0.15, 0.2) is 0 Å². The lowest BCUT2D eigenvalue weighted by Crippen LogP contribution is -2.36. The average Bonchev–Trinajstić information content (AvgIpc) is 2.59. The fraction of sp³-hybridized carbons (Fsp3) is 0.667. The number of hydrogen-bond donors (Lipinski definition) is 1. The van der Waals surface area contributed by atoms with E-state index in [2.05, 4.69) is 10.3 Å². The molecule has 0 atom stereocenters. The van der Waals surface area contributed by atoms with Crippen molar-refractivity contribution in [3.8, 4) is 0 Å². The van der Waals surface area contributed by atoms with Gasteiger partial charge in [-0.25, -0.2) is 4.98 Å². The molecule has 88 valence electrons. The maximum Gasteiger partial charge on any atom is 0.263 e. The lowest BCUT2D eigenvalue weighted by Gasteiger charge is -2.22. The number of nitrogens with one attached hydrogen (secondary N) is 1. The molecule has 1 fully saturated rings. The van der Waals surface area contributed by atoms with Crippen LogP contribution in [0.5, 0.6) is 0 Å². The Kier molecular flexibility index (Phi) is 3.59. The van der Waals surface area contributed by atoms with Crippen LogP contribution < -0.4 is 5.32 Å². The molecule has 4 heteroatoms. The lowest BCUT2D eigenvalue weighted by atomic mass is 9.95. The molecule has 1 heterocycles. The third-order valence-electron chi connectivity index (χ3n) is 3.05. The highest BCUT2D eigenvalue weighted by Crippen LogP contribution is 2.20. The molecule has 1 aromatic rings. The maximum absolute atomic E-state index is 12.0. The van der Waals surface area contributed by atoms with Crippen LogP contribution in [0.3, 0.4) is 0 Å². The number of amides is 1. The van der Waals surface area contributed by atoms with Crippen LogP contribution in [-0.4, -0.2) is 16.9 Å². The fourth-order valence-corrected chi connectivity index (χ4v) is 3.06. The SMILES string of the molecule is Cc1nc(C)c(C(=O)NC2CCCCC2)s1. The number of carbonyl (C=O) groups excluding carboxylic acids is 1. The van der Waals surface area contributed by atoms with Gasteiger partial charge in [0.2, 0.25) is 0 Å². The molecular formula is C12H18N2OS. The first-order valence-corrected chi connectivity index (χ1v) is 6.73. The molecule has 1 aliphatic carbocycles. The summed E-state index contributed by atoms with van der Waals surface area (Å²) >= 11 is 1.49. The van der Waals surface area contributed by atoms with Crippen LogP contribution in [0, 0.1) is 13.8 Å². The van der Waals surface area contributed by atoms with Crippen LogP contribution >= 0.6 is 11.3 Å². The zero-order chi connectivity index (χ0) is 11.5. The van der Waals surface area contributed by atoms with Gasteiger partial charge in [-0.1, -0.05) is 19.3 Å². The van der Waals surface area contributed by atoms with Gasteiger partial charge in [-0.3, -0.25) is 4.79 Å². The summed E-state index contributed by atoms with van der Waals surface area (Å²) in [7, 11) is 0. The van der Waals surface area contributed by atoms with Crippen LogP contribution in [-0.2, 0) is 0 Å². The topological polar surface area (TPSA) is 42.0 Å². The zero-order valence-corrected chi connectivity index (χ0v) is 10.7. The van der Waals surface area contributed by atoms with E-state index in [9.17, 15) is 4.79 Å². The van der Waals surface area contributed by atoms with Crippen LogP contribution in [0.25, 0.3) is 0 Å². The first-order valence-electron chi connectivity index (χ1n) is 5.91. The highest BCUT2D eigenvalue weighted by molar-refractivity contribution is 7.13. The number of thiazole rings is 1. The van der Waals surface area contributed by atoms with Crippen molar-refractivity contribution >= 4 is 17.2 Å². The van der Waals surface area contributed by atoms with Crippen molar-refractivity contribution in [2.45, 2.75) is 52.0 Å². The van der Waals surface area contributed by atoms with E-state index in [0.29, 0.717) is 6.04 Å². The van der Waals surface area contributed by atoms with Gasteiger partial charge in [-0.2, -0.15) is 0 Å². The van der Waals surface area contributed by atoms with Gasteiger partial charge in [0.05, 0.1) is 10.7 Å². The first kappa shape index (κ1) is 11.6. The van der Waals surface area contributed by atoms with Crippen molar-refractivity contribution in [3.05, 3.63) is 15.6 Å². The number of aryl methyl sites for hydroxylation is 2. The minimum atomic E-state index is 0.0648. The lowest BCUT2D eigenvalue weighted by molar-refractivity contribution is 0.0931. The molecule has 0 spiro atoms. The standard InChI is InChI=1S/C12H18N2OS/c1-8-11(16-9(2)13-8)12(15)14-10-6-4-3-5-7-10/h10H,3-7H2,1-2H3,(H,14,15). The summed E-state index contributed by atoms with van der Waals surface area (Å²) in [6.45, 7) is 3.84. The Balaban J connectivity index is 1.99. The predicted octanol–water partition coefficient (Wildman–Crippen LogP) is 2.82. The minimum absolute atomic E-state index is 0.0648. The van der Waals surface area contributed by atoms with Gasteiger partial charge in [-0.15, -0.1) is 11.3 Å². The van der Waals surface area contributed by atoms with Crippen LogP contribution in [0.4, 0.5) is 0 Å². The smallest absolute Gasteiger partial charge is 0.263 e. The quantitative estimate of drug-likeness (QED) is 0.861. The number of hydrogen-bond acceptors (Lipinski definition) is 3. The Morgan fingerprint density at radius 3 is 2.56 bits per heavy atom. The molecule has 0 bridgehead atoms. The van der Waals surface area contributed by atoms with E-state index < -0.39 is 0 Å². The second kappa shape index (κ2) is 4.95. The second-order valence-electron chi connectivity index (χ2n) is 4.46. The normalized spacial score (nSPS) is 17.4. The van der Waals surface area contributed by atoms with Gasteiger partial charge >= 0.3 is 0 Å². The van der Waals surface area contributed by atoms with Crippen molar-refractivity contribution < 1.29 is 4.79 Å². The van der Waals surface area contributed by atoms with E-state index in [0.717, 1.165) is 28.4 Å². The Morgan fingerprint density at radius 2 is 2.00 bits per heavy atom. The summed E-state index contributed by atoms with van der Waals surface area (Å²) in [6, 6.07) is 0.378. The molecular weight excluding hydrogens is 220 g/mol. The molecule has 1 N–H and O–H groups in total. The molecule has 1 saturated carbocycles. The molecule has 1 amide bonds. The Bertz CT molecular complexity index is 380. The van der Waals surface area contributed by atoms with Crippen molar-refractivity contribution in [3.63, 3.8) is 0 Å². The fourth-order valence-electron chi connectivity index (χ4n) is 2.24. The largest absolute Gasteiger partial charge is 0.349 e. The molecule has 1 aromatic heterocycles. The van der Waals surface area contributed by atoms with Crippen molar-refractivity contribution in [1.29, 1.82) is 0 Å². The van der Waals surface area contributed by atoms with Gasteiger partial charge < -0.3 is 5.32 Å². The molecule has 0 unspecified atom stereocenters. The number of rotatable bonds is 2. The molecule has 0 radical (unpaired) electrons. The Morgan fingerprint density at radius 1 is 1.31 bits per heavy atom. The van der Waals surface area contributed by atoms with E-state index in [1.807, 2.05) is 13.8 Å². The number of carbonyl (C=O) groups is 1. The molecule has 0 aromatic carbocycles. The van der Waals surface area contributed by atoms with Gasteiger partial charge in [0.25, 0.3) is 5.91 Å². The van der Waals surface area contributed by atoms with Crippen LogP contribution in [0.2, 0.25) is 0 Å². The molecule has 1 aliphatic rings. The van der Waals surface area contributed by atoms with E-state index >= 15 is 0 Å². The summed E-state index contributed by atoms with van der Waals surface area (Å²) in [5.74, 6) is 0.0648. The molecule has 0 saturated heterocycles. The third-order valence-corrected chi connectivity index (χ3v) is 4.12. The van der Waals surface area contributed by atoms with E-state index in [4.69, 9.17) is 0 Å². The van der Waals surface area contributed by atoms with Crippen molar-refractivity contribution in [2.24, 2.45) is 0 Å². The van der Waals surface area contributed by atoms with E-state index in [1.165, 1.54) is 30.6 Å². The highest BCUT2D eigenvalue weighted by Gasteiger charge is 2.19. The predicted molar refractivity (Wildman–Crippen MR) is 65.9 cm³/mol. The molecule has 0 aliphatic heterocycles. The van der Waals surface area contributed by atoms with Gasteiger partial charge in [0, 0.05) is 6.04 Å². The van der Waals surface area contributed by atoms with E-state index in [-0.39, 0.29) is 5.91 Å². The zero-order valence-electron chi connectivity index (χ0n) is 9.88. The van der Waals surface area contributed by atoms with E-state index in [1.54, 1.807) is 0 Å². The number of aromatic nitrogens is 1. The molecule has 3 nitrogen and oxygen atoms in total. The maximum atomic E-state index is 12.0. The summed E-state index contributed by atoms with van der Waals surface area (Å²) in [5, 5.41) is 4.08. The third kappa shape index (κ3) is 2.61. The Labute approximate surface area is 100 Å². The summed E-state index contributed by atoms with van der Waals surface area (Å²) in [5.41, 5.74) is 0.857. The first-order chi connectivity index (χ1) is 7.66. The average molecular weight is 238 g/mol. The summed E-state index contributed by atoms with van der Waals surface area (Å²) in [4.78, 5) is 17.1. The van der Waals surface area contributed by atoms with Gasteiger partial charge in [0.1, 0.15) is 4.88 Å². The monoisotopic (exact) mass is 238 g/mol. The minimum Gasteiger partial charge on any atom is -0.349 e. The van der Waals surface area contributed by atoms with Gasteiger partial charge in [-0.05, 0) is 26.7 Å². The number of nitrogens with zero attached hydrogens (tertiary/aromatic N) is 1. The van der Waals surface area contributed by atoms with Gasteiger partial charge in [0.15, 0.2) is 0 Å². The molecule has 16 heavy (non-hydrogen) atoms. The van der Waals surface area contributed by atoms with Crippen molar-refractivity contribution in [2.75, 3.05) is 0 Å².